The van der Waals surface area contributed by atoms with Crippen LogP contribution in [0.15, 0.2) is 30.3 Å². The standard InChI is InChI=1S/C25H40N4O5S/c1-6-16(4)20(26)24(32)27-18(12-13-35-5)22(30)28-19(14-17-10-8-7-9-11-17)23(31)29-21(15(2)3)25(33)34/h7-11,15-16,18-21H,6,12-14,26H2,1-5H3,(H,27,32)(H,28,30)(H,29,31)(H,33,34). The van der Waals surface area contributed by atoms with E-state index >= 15 is 0 Å². The lowest BCUT2D eigenvalue weighted by molar-refractivity contribution is -0.143. The highest BCUT2D eigenvalue weighted by atomic mass is 32.2. The Morgan fingerprint density at radius 2 is 1.51 bits per heavy atom. The molecule has 9 nitrogen and oxygen atoms in total. The summed E-state index contributed by atoms with van der Waals surface area (Å²) in [6.07, 6.45) is 3.13. The van der Waals surface area contributed by atoms with Crippen molar-refractivity contribution in [1.29, 1.82) is 0 Å². The SMILES string of the molecule is CCC(C)C(N)C(=O)NC(CCSC)C(=O)NC(Cc1ccccc1)C(=O)NC(C(=O)O)C(C)C. The maximum atomic E-state index is 13.2. The molecule has 0 aromatic heterocycles. The van der Waals surface area contributed by atoms with Gasteiger partial charge in [0.2, 0.25) is 17.7 Å². The van der Waals surface area contributed by atoms with Crippen LogP contribution in [0, 0.1) is 11.8 Å². The number of hydrogen-bond acceptors (Lipinski definition) is 6. The van der Waals surface area contributed by atoms with E-state index in [0.29, 0.717) is 12.2 Å². The molecule has 5 atom stereocenters. The number of hydrogen-bond donors (Lipinski definition) is 5. The van der Waals surface area contributed by atoms with Crippen molar-refractivity contribution in [2.75, 3.05) is 12.0 Å². The van der Waals surface area contributed by atoms with Crippen molar-refractivity contribution >= 4 is 35.5 Å². The molecule has 35 heavy (non-hydrogen) atoms. The Balaban J connectivity index is 3.11. The van der Waals surface area contributed by atoms with Gasteiger partial charge in [-0.3, -0.25) is 14.4 Å². The minimum atomic E-state index is -1.15. The predicted molar refractivity (Wildman–Crippen MR) is 139 cm³/mol. The number of carboxylic acids is 1. The van der Waals surface area contributed by atoms with E-state index in [9.17, 15) is 24.3 Å². The van der Waals surface area contributed by atoms with Gasteiger partial charge in [0.05, 0.1) is 6.04 Å². The fourth-order valence-electron chi connectivity index (χ4n) is 3.38. The van der Waals surface area contributed by atoms with E-state index in [2.05, 4.69) is 16.0 Å². The van der Waals surface area contributed by atoms with E-state index in [1.54, 1.807) is 13.8 Å². The lowest BCUT2D eigenvalue weighted by Gasteiger charge is -2.26. The van der Waals surface area contributed by atoms with Gasteiger partial charge in [0.25, 0.3) is 0 Å². The third kappa shape index (κ3) is 10.3. The molecule has 0 saturated heterocycles. The van der Waals surface area contributed by atoms with Crippen LogP contribution in [0.3, 0.4) is 0 Å². The quantitative estimate of drug-likeness (QED) is 0.241. The molecule has 196 valence electrons. The number of amides is 3. The minimum Gasteiger partial charge on any atom is -0.480 e. The van der Waals surface area contributed by atoms with E-state index in [1.807, 2.05) is 50.4 Å². The molecule has 10 heteroatoms. The molecule has 0 aliphatic carbocycles. The molecule has 1 rings (SSSR count). The van der Waals surface area contributed by atoms with Crippen LogP contribution >= 0.6 is 11.8 Å². The van der Waals surface area contributed by atoms with Crippen molar-refractivity contribution < 1.29 is 24.3 Å². The molecular weight excluding hydrogens is 468 g/mol. The van der Waals surface area contributed by atoms with Gasteiger partial charge in [-0.1, -0.05) is 64.4 Å². The van der Waals surface area contributed by atoms with Gasteiger partial charge >= 0.3 is 5.97 Å². The summed E-state index contributed by atoms with van der Waals surface area (Å²) in [7, 11) is 0. The number of carbonyl (C=O) groups is 4. The summed E-state index contributed by atoms with van der Waals surface area (Å²) in [6.45, 7) is 7.19. The van der Waals surface area contributed by atoms with Crippen LogP contribution in [0.2, 0.25) is 0 Å². The van der Waals surface area contributed by atoms with E-state index in [1.165, 1.54) is 11.8 Å². The number of carbonyl (C=O) groups excluding carboxylic acids is 3. The third-order valence-electron chi connectivity index (χ3n) is 5.95. The molecule has 0 heterocycles. The highest BCUT2D eigenvalue weighted by molar-refractivity contribution is 7.98. The molecule has 0 spiro atoms. The second-order valence-electron chi connectivity index (χ2n) is 9.07. The number of nitrogens with two attached hydrogens (primary N) is 1. The first-order chi connectivity index (χ1) is 16.5. The fraction of sp³-hybridized carbons (Fsp3) is 0.600. The number of rotatable bonds is 15. The maximum Gasteiger partial charge on any atom is 0.326 e. The molecular formula is C25H40N4O5S. The molecule has 1 aromatic carbocycles. The summed E-state index contributed by atoms with van der Waals surface area (Å²) < 4.78 is 0. The monoisotopic (exact) mass is 508 g/mol. The Labute approximate surface area is 212 Å². The summed E-state index contributed by atoms with van der Waals surface area (Å²) in [6, 6.07) is 5.36. The second kappa shape index (κ2) is 15.4. The van der Waals surface area contributed by atoms with Crippen molar-refractivity contribution in [2.24, 2.45) is 17.6 Å². The van der Waals surface area contributed by atoms with E-state index in [0.717, 1.165) is 12.0 Å². The van der Waals surface area contributed by atoms with Gasteiger partial charge in [-0.25, -0.2) is 4.79 Å². The van der Waals surface area contributed by atoms with Gasteiger partial charge in [0, 0.05) is 6.42 Å². The van der Waals surface area contributed by atoms with E-state index < -0.39 is 47.9 Å². The first-order valence-corrected chi connectivity index (χ1v) is 13.3. The third-order valence-corrected chi connectivity index (χ3v) is 6.59. The Bertz CT molecular complexity index is 836. The molecule has 6 N–H and O–H groups in total. The molecule has 0 bridgehead atoms. The zero-order chi connectivity index (χ0) is 26.5. The van der Waals surface area contributed by atoms with Gasteiger partial charge in [-0.05, 0) is 35.8 Å². The van der Waals surface area contributed by atoms with Crippen LogP contribution < -0.4 is 21.7 Å². The Hall–Kier alpha value is -2.59. The summed E-state index contributed by atoms with van der Waals surface area (Å²) in [4.78, 5) is 50.6. The van der Waals surface area contributed by atoms with E-state index in [-0.39, 0.29) is 18.3 Å². The topological polar surface area (TPSA) is 151 Å². The van der Waals surface area contributed by atoms with Crippen molar-refractivity contribution in [2.45, 2.75) is 71.1 Å². The molecule has 0 saturated carbocycles. The van der Waals surface area contributed by atoms with Crippen molar-refractivity contribution in [3.8, 4) is 0 Å². The van der Waals surface area contributed by atoms with Gasteiger partial charge in [0.1, 0.15) is 18.1 Å². The highest BCUT2D eigenvalue weighted by Gasteiger charge is 2.31. The number of benzene rings is 1. The van der Waals surface area contributed by atoms with Gasteiger partial charge in [-0.2, -0.15) is 11.8 Å². The summed E-state index contributed by atoms with van der Waals surface area (Å²) in [5.74, 6) is -2.48. The van der Waals surface area contributed by atoms with Crippen LogP contribution in [0.4, 0.5) is 0 Å². The molecule has 0 radical (unpaired) electrons. The van der Waals surface area contributed by atoms with Crippen LogP contribution in [-0.2, 0) is 25.6 Å². The van der Waals surface area contributed by atoms with Gasteiger partial charge < -0.3 is 26.8 Å². The molecule has 0 aliphatic rings. The van der Waals surface area contributed by atoms with Crippen LogP contribution in [0.5, 0.6) is 0 Å². The molecule has 0 fully saturated rings. The average molecular weight is 509 g/mol. The van der Waals surface area contributed by atoms with Crippen molar-refractivity contribution in [3.63, 3.8) is 0 Å². The number of carboxylic acid groups (broad SMARTS) is 1. The van der Waals surface area contributed by atoms with Crippen LogP contribution in [0.1, 0.15) is 46.1 Å². The zero-order valence-corrected chi connectivity index (χ0v) is 22.1. The van der Waals surface area contributed by atoms with Gasteiger partial charge in [0.15, 0.2) is 0 Å². The van der Waals surface area contributed by atoms with Crippen molar-refractivity contribution in [3.05, 3.63) is 35.9 Å². The lowest BCUT2D eigenvalue weighted by Crippen LogP contribution is -2.58. The highest BCUT2D eigenvalue weighted by Crippen LogP contribution is 2.10. The summed E-state index contributed by atoms with van der Waals surface area (Å²) >= 11 is 1.53. The molecule has 3 amide bonds. The molecule has 1 aromatic rings. The van der Waals surface area contributed by atoms with Crippen molar-refractivity contribution in [1.82, 2.24) is 16.0 Å². The summed E-state index contributed by atoms with van der Waals surface area (Å²) in [5.41, 5.74) is 6.84. The Morgan fingerprint density at radius 3 is 2.03 bits per heavy atom. The van der Waals surface area contributed by atoms with Crippen LogP contribution in [-0.4, -0.2) is 65.0 Å². The first kappa shape index (κ1) is 30.4. The largest absolute Gasteiger partial charge is 0.480 e. The molecule has 5 unspecified atom stereocenters. The Kier molecular flexibility index (Phi) is 13.4. The van der Waals surface area contributed by atoms with E-state index in [4.69, 9.17) is 5.73 Å². The number of aliphatic carboxylic acids is 1. The normalized spacial score (nSPS) is 15.4. The lowest BCUT2D eigenvalue weighted by atomic mass is 9.98. The Morgan fingerprint density at radius 1 is 0.943 bits per heavy atom. The number of nitrogens with one attached hydrogen (secondary N) is 3. The smallest absolute Gasteiger partial charge is 0.326 e. The predicted octanol–water partition coefficient (Wildman–Crippen LogP) is 1.55. The minimum absolute atomic E-state index is 0.0557. The molecule has 0 aliphatic heterocycles. The summed E-state index contributed by atoms with van der Waals surface area (Å²) in [5, 5.41) is 17.5. The van der Waals surface area contributed by atoms with Crippen LogP contribution in [0.25, 0.3) is 0 Å². The fourth-order valence-corrected chi connectivity index (χ4v) is 3.86. The zero-order valence-electron chi connectivity index (χ0n) is 21.2. The van der Waals surface area contributed by atoms with Gasteiger partial charge in [-0.15, -0.1) is 0 Å². The first-order valence-electron chi connectivity index (χ1n) is 11.9. The number of thioether (sulfide) groups is 1. The maximum absolute atomic E-state index is 13.2. The average Bonchev–Trinajstić information content (AvgIpc) is 2.83. The second-order valence-corrected chi connectivity index (χ2v) is 10.1.